The number of rotatable bonds is 8. The van der Waals surface area contributed by atoms with E-state index in [4.69, 9.17) is 16.9 Å². The molecule has 0 saturated carbocycles. The minimum Gasteiger partial charge on any atom is -0.399 e. The lowest BCUT2D eigenvalue weighted by Crippen LogP contribution is -2.51. The number of halogens is 1. The third-order valence-corrected chi connectivity index (χ3v) is 5.67. The Hall–Kier alpha value is -3.97. The molecule has 10 heteroatoms. The van der Waals surface area contributed by atoms with Crippen molar-refractivity contribution in [3.05, 3.63) is 65.9 Å². The average molecular weight is 451 g/mol. The fraction of sp³-hybridized carbons (Fsp3) is 0.304. The Morgan fingerprint density at radius 2 is 2.00 bits per heavy atom. The van der Waals surface area contributed by atoms with Crippen LogP contribution >= 0.6 is 0 Å². The number of amides is 1. The SMILES string of the molecule is N#CCC1(N/C=C(\C(=N)Nc2ccnc(F)c2)C(N)=O)CCN(Cc2ccc(N)cc2)CC1. The van der Waals surface area contributed by atoms with Crippen LogP contribution in [0.5, 0.6) is 0 Å². The molecule has 1 fully saturated rings. The molecule has 0 spiro atoms. The van der Waals surface area contributed by atoms with Crippen LogP contribution in [0.1, 0.15) is 24.8 Å². The number of primary amides is 1. The van der Waals surface area contributed by atoms with Gasteiger partial charge in [-0.15, -0.1) is 0 Å². The Kier molecular flexibility index (Phi) is 7.58. The topological polar surface area (TPSA) is 157 Å². The largest absolute Gasteiger partial charge is 0.399 e. The van der Waals surface area contributed by atoms with E-state index in [1.54, 1.807) is 0 Å². The van der Waals surface area contributed by atoms with E-state index >= 15 is 0 Å². The number of nitrogen functional groups attached to an aromatic ring is 1. The van der Waals surface area contributed by atoms with Gasteiger partial charge in [-0.25, -0.2) is 4.98 Å². The maximum Gasteiger partial charge on any atom is 0.253 e. The first kappa shape index (κ1) is 23.7. The van der Waals surface area contributed by atoms with Gasteiger partial charge in [0.05, 0.1) is 23.6 Å². The summed E-state index contributed by atoms with van der Waals surface area (Å²) in [5.41, 5.74) is 12.7. The van der Waals surface area contributed by atoms with Crippen LogP contribution in [0.3, 0.4) is 0 Å². The Morgan fingerprint density at radius 3 is 2.61 bits per heavy atom. The Bertz CT molecular complexity index is 1070. The van der Waals surface area contributed by atoms with E-state index in [1.165, 1.54) is 18.5 Å². The van der Waals surface area contributed by atoms with Gasteiger partial charge in [0.15, 0.2) is 0 Å². The number of carbonyl (C=O) groups is 1. The van der Waals surface area contributed by atoms with Crippen molar-refractivity contribution in [2.24, 2.45) is 5.73 Å². The van der Waals surface area contributed by atoms with Crippen LogP contribution < -0.4 is 22.1 Å². The number of pyridine rings is 1. The Labute approximate surface area is 191 Å². The summed E-state index contributed by atoms with van der Waals surface area (Å²) in [7, 11) is 0. The van der Waals surface area contributed by atoms with Gasteiger partial charge in [0, 0.05) is 49.5 Å². The number of carbonyl (C=O) groups excluding carboxylic acids is 1. The van der Waals surface area contributed by atoms with Crippen molar-refractivity contribution in [2.45, 2.75) is 31.3 Å². The minimum absolute atomic E-state index is 0.103. The van der Waals surface area contributed by atoms with Crippen molar-refractivity contribution in [1.29, 1.82) is 10.7 Å². The first-order valence-corrected chi connectivity index (χ1v) is 10.5. The molecule has 1 saturated heterocycles. The van der Waals surface area contributed by atoms with Gasteiger partial charge in [-0.1, -0.05) is 12.1 Å². The lowest BCUT2D eigenvalue weighted by Gasteiger charge is -2.41. The first-order chi connectivity index (χ1) is 15.8. The fourth-order valence-electron chi connectivity index (χ4n) is 3.73. The monoisotopic (exact) mass is 450 g/mol. The molecule has 2 aromatic rings. The van der Waals surface area contributed by atoms with Crippen molar-refractivity contribution in [3.63, 3.8) is 0 Å². The van der Waals surface area contributed by atoms with Gasteiger partial charge in [0.25, 0.3) is 5.91 Å². The molecule has 0 atom stereocenters. The summed E-state index contributed by atoms with van der Waals surface area (Å²) in [6, 6.07) is 12.5. The molecule has 9 nitrogen and oxygen atoms in total. The van der Waals surface area contributed by atoms with Crippen LogP contribution in [0, 0.1) is 22.7 Å². The fourth-order valence-corrected chi connectivity index (χ4v) is 3.73. The zero-order valence-corrected chi connectivity index (χ0v) is 18.1. The van der Waals surface area contributed by atoms with Crippen LogP contribution in [0.2, 0.25) is 0 Å². The van der Waals surface area contributed by atoms with Gasteiger partial charge in [-0.2, -0.15) is 9.65 Å². The van der Waals surface area contributed by atoms with E-state index in [-0.39, 0.29) is 23.5 Å². The highest BCUT2D eigenvalue weighted by molar-refractivity contribution is 6.23. The second kappa shape index (κ2) is 10.6. The number of amidine groups is 1. The molecule has 0 aliphatic carbocycles. The van der Waals surface area contributed by atoms with E-state index in [0.717, 1.165) is 37.0 Å². The van der Waals surface area contributed by atoms with E-state index < -0.39 is 17.4 Å². The number of nitrogens with two attached hydrogens (primary N) is 2. The molecular weight excluding hydrogens is 423 g/mol. The third kappa shape index (κ3) is 6.51. The van der Waals surface area contributed by atoms with E-state index in [9.17, 15) is 14.4 Å². The zero-order valence-electron chi connectivity index (χ0n) is 18.1. The summed E-state index contributed by atoms with van der Waals surface area (Å²) >= 11 is 0. The maximum absolute atomic E-state index is 13.3. The molecule has 1 aromatic carbocycles. The lowest BCUT2D eigenvalue weighted by atomic mass is 9.84. The van der Waals surface area contributed by atoms with Crippen LogP contribution in [-0.4, -0.2) is 40.3 Å². The highest BCUT2D eigenvalue weighted by Gasteiger charge is 2.34. The van der Waals surface area contributed by atoms with Crippen molar-refractivity contribution in [3.8, 4) is 6.07 Å². The molecule has 0 bridgehead atoms. The van der Waals surface area contributed by atoms with Crippen LogP contribution in [0.15, 0.2) is 54.4 Å². The molecule has 3 rings (SSSR count). The lowest BCUT2D eigenvalue weighted by molar-refractivity contribution is -0.114. The number of likely N-dealkylation sites (tertiary alicyclic amines) is 1. The molecule has 7 N–H and O–H groups in total. The molecule has 1 aliphatic heterocycles. The number of nitrogens with zero attached hydrogens (tertiary/aromatic N) is 3. The predicted octanol–water partition coefficient (Wildman–Crippen LogP) is 2.10. The number of anilines is 2. The van der Waals surface area contributed by atoms with Gasteiger partial charge in [0.1, 0.15) is 5.84 Å². The minimum atomic E-state index is -0.817. The Balaban J connectivity index is 1.66. The average Bonchev–Trinajstić information content (AvgIpc) is 2.77. The quantitative estimate of drug-likeness (QED) is 0.135. The number of nitrogens with one attached hydrogen (secondary N) is 3. The number of nitriles is 1. The Morgan fingerprint density at radius 1 is 1.30 bits per heavy atom. The standard InChI is InChI=1S/C23H27FN8O/c24-20-13-18(5-10-29-20)31-21(27)19(22(28)33)14-30-23(6-9-25)7-11-32(12-8-23)15-16-1-3-17(26)4-2-16/h1-5,10,13-14,30H,6-8,11-12,15,26H2,(H2,28,33)(H2,27,29,31)/b19-14+. The van der Waals surface area contributed by atoms with Gasteiger partial charge >= 0.3 is 0 Å². The van der Waals surface area contributed by atoms with Crippen molar-refractivity contribution in [2.75, 3.05) is 24.1 Å². The number of hydrogen-bond acceptors (Lipinski definition) is 7. The smallest absolute Gasteiger partial charge is 0.253 e. The number of hydrogen-bond donors (Lipinski definition) is 5. The number of piperidine rings is 1. The highest BCUT2D eigenvalue weighted by atomic mass is 19.1. The summed E-state index contributed by atoms with van der Waals surface area (Å²) in [5, 5.41) is 23.4. The first-order valence-electron chi connectivity index (χ1n) is 10.5. The summed E-state index contributed by atoms with van der Waals surface area (Å²) in [5.74, 6) is -1.81. The second-order valence-corrected chi connectivity index (χ2v) is 8.07. The third-order valence-electron chi connectivity index (χ3n) is 5.67. The second-order valence-electron chi connectivity index (χ2n) is 8.07. The predicted molar refractivity (Wildman–Crippen MR) is 124 cm³/mol. The van der Waals surface area contributed by atoms with Crippen LogP contribution in [-0.2, 0) is 11.3 Å². The summed E-state index contributed by atoms with van der Waals surface area (Å²) in [4.78, 5) is 17.7. The molecule has 172 valence electrons. The van der Waals surface area contributed by atoms with Gasteiger partial charge in [0.2, 0.25) is 5.95 Å². The molecule has 1 aliphatic rings. The van der Waals surface area contributed by atoms with E-state index in [1.807, 2.05) is 24.3 Å². The molecule has 2 heterocycles. The molecule has 0 radical (unpaired) electrons. The summed E-state index contributed by atoms with van der Waals surface area (Å²) < 4.78 is 13.3. The van der Waals surface area contributed by atoms with Crippen molar-refractivity contribution in [1.82, 2.24) is 15.2 Å². The maximum atomic E-state index is 13.3. The molecule has 1 aromatic heterocycles. The van der Waals surface area contributed by atoms with Crippen molar-refractivity contribution < 1.29 is 9.18 Å². The van der Waals surface area contributed by atoms with E-state index in [0.29, 0.717) is 12.8 Å². The molecule has 1 amide bonds. The van der Waals surface area contributed by atoms with E-state index in [2.05, 4.69) is 26.6 Å². The highest BCUT2D eigenvalue weighted by Crippen LogP contribution is 2.27. The molecular formula is C23H27FN8O. The molecule has 0 unspecified atom stereocenters. The van der Waals surface area contributed by atoms with Crippen molar-refractivity contribution >= 4 is 23.1 Å². The number of aromatic nitrogens is 1. The summed E-state index contributed by atoms with van der Waals surface area (Å²) in [6.45, 7) is 2.29. The van der Waals surface area contributed by atoms with Gasteiger partial charge < -0.3 is 22.1 Å². The van der Waals surface area contributed by atoms with Crippen LogP contribution in [0.25, 0.3) is 0 Å². The number of benzene rings is 1. The zero-order chi connectivity index (χ0) is 23.8. The van der Waals surface area contributed by atoms with Gasteiger partial charge in [-0.05, 0) is 36.6 Å². The van der Waals surface area contributed by atoms with Crippen LogP contribution in [0.4, 0.5) is 15.8 Å². The molecule has 33 heavy (non-hydrogen) atoms. The summed E-state index contributed by atoms with van der Waals surface area (Å²) in [6.07, 6.45) is 4.21. The normalized spacial score (nSPS) is 15.9. The van der Waals surface area contributed by atoms with Gasteiger partial charge in [-0.3, -0.25) is 15.1 Å².